The molecular formula is C55H22BF20NO2. The summed E-state index contributed by atoms with van der Waals surface area (Å²) in [6.07, 6.45) is -5.28. The molecule has 9 aromatic carbocycles. The van der Waals surface area contributed by atoms with E-state index in [1.54, 1.807) is 0 Å². The summed E-state index contributed by atoms with van der Waals surface area (Å²) < 4.78 is 303. The molecule has 10 rings (SSSR count). The molecule has 10 aromatic rings. The molecule has 0 saturated heterocycles. The smallest absolute Gasteiger partial charge is 0.381 e. The molecule has 0 unspecified atom stereocenters. The second-order valence-electron chi connectivity index (χ2n) is 17.2. The van der Waals surface area contributed by atoms with Crippen LogP contribution in [0.5, 0.6) is 11.6 Å². The molecule has 0 aliphatic carbocycles. The summed E-state index contributed by atoms with van der Waals surface area (Å²) >= 11 is 0. The number of rotatable bonds is 9. The van der Waals surface area contributed by atoms with Gasteiger partial charge in [-0.1, -0.05) is 97.1 Å². The lowest BCUT2D eigenvalue weighted by Gasteiger charge is -2.44. The van der Waals surface area contributed by atoms with Gasteiger partial charge in [0.1, 0.15) is 58.4 Å². The van der Waals surface area contributed by atoms with E-state index in [4.69, 9.17) is 4.74 Å². The largest absolute Gasteiger partial charge is 0.403 e. The van der Waals surface area contributed by atoms with Gasteiger partial charge in [0.2, 0.25) is 12.3 Å². The van der Waals surface area contributed by atoms with E-state index in [1.807, 2.05) is 89.6 Å². The molecule has 1 aromatic heterocycles. The number of hydrogen-bond acceptors (Lipinski definition) is 2. The Morgan fingerprint density at radius 1 is 0.342 bits per heavy atom. The van der Waals surface area contributed by atoms with Crippen LogP contribution in [0.25, 0.3) is 32.3 Å². The van der Waals surface area contributed by atoms with Crippen LogP contribution in [0, 0.1) is 116 Å². The van der Waals surface area contributed by atoms with Crippen LogP contribution >= 0.6 is 0 Å². The molecule has 24 heteroatoms. The van der Waals surface area contributed by atoms with E-state index in [0.717, 1.165) is 38.1 Å². The number of Topliss-reactive ketones (excluding diaryl/α,β-unsaturated/α-hetero) is 1. The van der Waals surface area contributed by atoms with E-state index in [1.165, 1.54) is 0 Å². The zero-order valence-corrected chi connectivity index (χ0v) is 38.7. The number of carbonyl (C=O) groups excluding carboxylic acids is 1. The van der Waals surface area contributed by atoms with Crippen molar-refractivity contribution in [1.29, 1.82) is 0 Å². The van der Waals surface area contributed by atoms with Gasteiger partial charge in [-0.3, -0.25) is 4.79 Å². The van der Waals surface area contributed by atoms with E-state index in [2.05, 4.69) is 36.4 Å². The van der Waals surface area contributed by atoms with Gasteiger partial charge < -0.3 is 4.74 Å². The molecule has 0 atom stereocenters. The van der Waals surface area contributed by atoms with Gasteiger partial charge in [-0.25, -0.2) is 87.8 Å². The summed E-state index contributed by atoms with van der Waals surface area (Å²) in [5.41, 5.74) is -13.6. The maximum absolute atomic E-state index is 15.4. The average Bonchev–Trinajstić information content (AvgIpc) is 3.63. The number of ketones is 1. The van der Waals surface area contributed by atoms with E-state index >= 15 is 35.1 Å². The highest BCUT2D eigenvalue weighted by atomic mass is 19.2. The predicted octanol–water partition coefficient (Wildman–Crippen LogP) is 13.0. The normalized spacial score (nSPS) is 11.6. The van der Waals surface area contributed by atoms with Gasteiger partial charge in [-0.05, 0) is 28.3 Å². The Labute approximate surface area is 428 Å². The van der Waals surface area contributed by atoms with Gasteiger partial charge >= 0.3 is 5.88 Å². The predicted molar refractivity (Wildman–Crippen MR) is 246 cm³/mol. The maximum atomic E-state index is 15.4. The Morgan fingerprint density at radius 2 is 0.633 bits per heavy atom. The third kappa shape index (κ3) is 8.68. The number of pyridine rings is 1. The van der Waals surface area contributed by atoms with Gasteiger partial charge in [0, 0.05) is 22.4 Å². The lowest BCUT2D eigenvalue weighted by Crippen LogP contribution is -2.81. The first-order valence-electron chi connectivity index (χ1n) is 22.3. The van der Waals surface area contributed by atoms with Gasteiger partial charge in [0.05, 0.1) is 5.39 Å². The zero-order chi connectivity index (χ0) is 57.3. The summed E-state index contributed by atoms with van der Waals surface area (Å²) in [5.74, 6) is -69.9. The van der Waals surface area contributed by atoms with E-state index in [-0.39, 0.29) is 12.3 Å². The minimum absolute atomic E-state index is 0.0357. The Bertz CT molecular complexity index is 3750. The standard InChI is InChI=1S/C31H22NO2.C24BF20/c33-29(23-11-2-1-3-12-23)21-32-19-18-22-10-4-9-17-28(22)31(32)34-30-26-15-7-5-13-24(26)20-25-14-6-8-16-27(25)30;26-5-1(6(27)14(35)21(42)13(5)34)25(2-7(28)15(36)22(43)16(37)8(2)29,3-9(30)17(38)23(44)18(39)10(3)31)4-11(32)19(40)24(45)20(41)12(4)33/h1-20H,21H2;/q+1;-1. The van der Waals surface area contributed by atoms with E-state index in [0.29, 0.717) is 11.4 Å². The molecule has 79 heavy (non-hydrogen) atoms. The fourth-order valence-corrected chi connectivity index (χ4v) is 9.39. The molecular weight excluding hydrogens is 1100 g/mol. The lowest BCUT2D eigenvalue weighted by atomic mass is 9.12. The summed E-state index contributed by atoms with van der Waals surface area (Å²) in [4.78, 5) is 13.1. The number of carbonyl (C=O) groups is 1. The van der Waals surface area contributed by atoms with Gasteiger partial charge in [0.25, 0.3) is 0 Å². The van der Waals surface area contributed by atoms with Gasteiger partial charge in [-0.2, -0.15) is 4.57 Å². The quantitative estimate of drug-likeness (QED) is 0.0274. The van der Waals surface area contributed by atoms with Crippen molar-refractivity contribution < 1.29 is 102 Å². The van der Waals surface area contributed by atoms with E-state index in [9.17, 15) is 57.5 Å². The van der Waals surface area contributed by atoms with E-state index < -0.39 is 144 Å². The van der Waals surface area contributed by atoms with Crippen molar-refractivity contribution in [3.05, 3.63) is 243 Å². The first-order chi connectivity index (χ1) is 37.5. The third-order valence-corrected chi connectivity index (χ3v) is 12.9. The molecule has 0 fully saturated rings. The molecule has 3 nitrogen and oxygen atoms in total. The Kier molecular flexibility index (Phi) is 14.4. The van der Waals surface area contributed by atoms with Crippen molar-refractivity contribution in [2.75, 3.05) is 0 Å². The van der Waals surface area contributed by atoms with Crippen LogP contribution in [0.2, 0.25) is 0 Å². The molecule has 0 aliphatic heterocycles. The molecule has 402 valence electrons. The Balaban J connectivity index is 0.000000198. The van der Waals surface area contributed by atoms with Crippen LogP contribution < -0.4 is 31.2 Å². The van der Waals surface area contributed by atoms with Crippen LogP contribution in [0.3, 0.4) is 0 Å². The highest BCUT2D eigenvalue weighted by Gasteiger charge is 2.52. The topological polar surface area (TPSA) is 30.2 Å². The minimum Gasteiger partial charge on any atom is -0.403 e. The van der Waals surface area contributed by atoms with Crippen molar-refractivity contribution in [2.45, 2.75) is 6.54 Å². The summed E-state index contributed by atoms with van der Waals surface area (Å²) in [7, 11) is 0. The molecule has 0 radical (unpaired) electrons. The molecule has 0 saturated carbocycles. The van der Waals surface area contributed by atoms with Crippen LogP contribution in [-0.4, -0.2) is 11.9 Å². The second kappa shape index (κ2) is 20.8. The number of nitrogens with zero attached hydrogens (tertiary/aromatic N) is 1. The highest BCUT2D eigenvalue weighted by molar-refractivity contribution is 7.20. The number of ether oxygens (including phenoxy) is 1. The summed E-state index contributed by atoms with van der Waals surface area (Å²) in [6.45, 7) is 0.187. The first kappa shape index (κ1) is 54.8. The molecule has 0 N–H and O–H groups in total. The molecule has 0 bridgehead atoms. The van der Waals surface area contributed by atoms with Crippen molar-refractivity contribution in [2.24, 2.45) is 0 Å². The zero-order valence-electron chi connectivity index (χ0n) is 38.7. The second-order valence-corrected chi connectivity index (χ2v) is 17.2. The average molecular weight is 1120 g/mol. The fraction of sp³-hybridized carbons (Fsp3) is 0.0182. The third-order valence-electron chi connectivity index (χ3n) is 12.9. The number of halogens is 20. The van der Waals surface area contributed by atoms with Crippen molar-refractivity contribution in [1.82, 2.24) is 0 Å². The summed E-state index contributed by atoms with van der Waals surface area (Å²) in [5, 5.41) is 6.32. The molecule has 1 heterocycles. The van der Waals surface area contributed by atoms with Crippen molar-refractivity contribution in [3.63, 3.8) is 0 Å². The Hall–Kier alpha value is -8.96. The van der Waals surface area contributed by atoms with Gasteiger partial charge in [-0.15, -0.1) is 21.9 Å². The lowest BCUT2D eigenvalue weighted by molar-refractivity contribution is -0.685. The highest BCUT2D eigenvalue weighted by Crippen LogP contribution is 2.39. The summed E-state index contributed by atoms with van der Waals surface area (Å²) in [6, 6.07) is 38.2. The van der Waals surface area contributed by atoms with Crippen LogP contribution in [0.1, 0.15) is 10.4 Å². The monoisotopic (exact) mass is 1120 g/mol. The minimum atomic E-state index is -7.22. The number of benzene rings is 9. The first-order valence-corrected chi connectivity index (χ1v) is 22.3. The van der Waals surface area contributed by atoms with Crippen LogP contribution in [0.15, 0.2) is 121 Å². The van der Waals surface area contributed by atoms with Crippen molar-refractivity contribution in [3.8, 4) is 11.6 Å². The number of fused-ring (bicyclic) bond motifs is 3. The number of aromatic nitrogens is 1. The Morgan fingerprint density at radius 3 is 0.987 bits per heavy atom. The van der Waals surface area contributed by atoms with Crippen molar-refractivity contribution >= 4 is 66.1 Å². The maximum Gasteiger partial charge on any atom is 0.381 e. The molecule has 0 amide bonds. The van der Waals surface area contributed by atoms with Crippen LogP contribution in [-0.2, 0) is 6.54 Å². The SMILES string of the molecule is Fc1c(F)c(F)c([B-](c2c(F)c(F)c(F)c(F)c2F)(c2c(F)c(F)c(F)c(F)c2F)c2c(F)c(F)c(F)c(F)c2F)c(F)c1F.O=C(C[n+]1ccc2ccccc2c1Oc1c2ccccc2cc2ccccc12)c1ccccc1. The molecule has 0 aliphatic rings. The number of hydrogen-bond donors (Lipinski definition) is 0. The van der Waals surface area contributed by atoms with Gasteiger partial charge in [0.15, 0.2) is 76.0 Å². The molecule has 0 spiro atoms. The fourth-order valence-electron chi connectivity index (χ4n) is 9.39. The van der Waals surface area contributed by atoms with Crippen LogP contribution in [0.4, 0.5) is 87.8 Å².